The fourth-order valence-electron chi connectivity index (χ4n) is 2.86. The summed E-state index contributed by atoms with van der Waals surface area (Å²) in [5.74, 6) is 0.846. The van der Waals surface area contributed by atoms with Crippen molar-refractivity contribution >= 4 is 22.0 Å². The van der Waals surface area contributed by atoms with E-state index in [0.717, 1.165) is 35.0 Å². The van der Waals surface area contributed by atoms with Crippen LogP contribution in [-0.2, 0) is 6.42 Å². The lowest BCUT2D eigenvalue weighted by Crippen LogP contribution is -2.40. The minimum atomic E-state index is -0.124. The maximum atomic E-state index is 12.1. The van der Waals surface area contributed by atoms with Crippen molar-refractivity contribution in [3.8, 4) is 5.75 Å². The zero-order valence-electron chi connectivity index (χ0n) is 13.4. The van der Waals surface area contributed by atoms with E-state index >= 15 is 0 Å². The molecule has 1 heterocycles. The quantitative estimate of drug-likeness (QED) is 0.753. The van der Waals surface area contributed by atoms with Gasteiger partial charge in [-0.3, -0.25) is 0 Å². The number of carbonyl (C=O) groups excluding carboxylic acids is 1. The molecule has 2 aromatic rings. The van der Waals surface area contributed by atoms with E-state index in [0.29, 0.717) is 13.2 Å². The van der Waals surface area contributed by atoms with E-state index < -0.39 is 0 Å². The van der Waals surface area contributed by atoms with Crippen molar-refractivity contribution in [2.45, 2.75) is 25.3 Å². The second-order valence-corrected chi connectivity index (χ2v) is 6.78. The molecule has 24 heavy (non-hydrogen) atoms. The number of carbonyl (C=O) groups is 1. The van der Waals surface area contributed by atoms with Gasteiger partial charge in [0.05, 0.1) is 12.6 Å². The number of nitrogens with one attached hydrogen (secondary N) is 2. The number of benzene rings is 2. The molecule has 0 spiro atoms. The number of amides is 2. The molecule has 0 aromatic heterocycles. The van der Waals surface area contributed by atoms with E-state index in [2.05, 4.69) is 38.7 Å². The zero-order valence-corrected chi connectivity index (χ0v) is 15.0. The van der Waals surface area contributed by atoms with Crippen molar-refractivity contribution in [2.24, 2.45) is 0 Å². The Bertz CT molecular complexity index is 691. The maximum Gasteiger partial charge on any atom is 0.315 e. The van der Waals surface area contributed by atoms with Gasteiger partial charge in [0.25, 0.3) is 0 Å². The standard InChI is InChI=1S/C19H21BrN2O2/c20-15-8-9-18-16(13-15)17(10-12-24-18)22-19(23)21-11-4-7-14-5-2-1-3-6-14/h1-3,5-6,8-9,13,17H,4,7,10-12H2,(H2,21,22,23). The Morgan fingerprint density at radius 1 is 1.21 bits per heavy atom. The number of halogens is 1. The third-order valence-electron chi connectivity index (χ3n) is 4.09. The van der Waals surface area contributed by atoms with Crippen LogP contribution in [0.2, 0.25) is 0 Å². The molecule has 1 atom stereocenters. The van der Waals surface area contributed by atoms with Gasteiger partial charge in [0, 0.05) is 23.0 Å². The van der Waals surface area contributed by atoms with E-state index in [4.69, 9.17) is 4.74 Å². The third kappa shape index (κ3) is 4.51. The molecule has 2 amide bonds. The normalized spacial score (nSPS) is 16.0. The molecule has 1 aliphatic heterocycles. The van der Waals surface area contributed by atoms with Gasteiger partial charge in [-0.25, -0.2) is 4.79 Å². The molecule has 0 bridgehead atoms. The van der Waals surface area contributed by atoms with Crippen LogP contribution in [0.15, 0.2) is 53.0 Å². The van der Waals surface area contributed by atoms with Gasteiger partial charge in [0.2, 0.25) is 0 Å². The molecule has 1 unspecified atom stereocenters. The molecule has 0 radical (unpaired) electrons. The highest BCUT2D eigenvalue weighted by Gasteiger charge is 2.23. The second kappa shape index (κ2) is 8.20. The largest absolute Gasteiger partial charge is 0.493 e. The lowest BCUT2D eigenvalue weighted by Gasteiger charge is -2.27. The maximum absolute atomic E-state index is 12.1. The average molecular weight is 389 g/mol. The first kappa shape index (κ1) is 16.8. The van der Waals surface area contributed by atoms with Crippen LogP contribution in [0.4, 0.5) is 4.79 Å². The van der Waals surface area contributed by atoms with E-state index in [1.807, 2.05) is 36.4 Å². The molecule has 0 aliphatic carbocycles. The fourth-order valence-corrected chi connectivity index (χ4v) is 3.24. The van der Waals surface area contributed by atoms with Gasteiger partial charge in [-0.2, -0.15) is 0 Å². The molecule has 1 aliphatic rings. The molecule has 0 saturated heterocycles. The van der Waals surface area contributed by atoms with Crippen molar-refractivity contribution in [1.29, 1.82) is 0 Å². The Labute approximate surface area is 150 Å². The minimum absolute atomic E-state index is 0.0135. The van der Waals surface area contributed by atoms with Gasteiger partial charge in [0.15, 0.2) is 0 Å². The Kier molecular flexibility index (Phi) is 5.75. The number of fused-ring (bicyclic) bond motifs is 1. The summed E-state index contributed by atoms with van der Waals surface area (Å²) >= 11 is 3.47. The molecule has 0 saturated carbocycles. The van der Waals surface area contributed by atoms with Crippen LogP contribution in [0.25, 0.3) is 0 Å². The van der Waals surface area contributed by atoms with Gasteiger partial charge in [-0.1, -0.05) is 46.3 Å². The summed E-state index contributed by atoms with van der Waals surface area (Å²) in [6.07, 6.45) is 2.67. The van der Waals surface area contributed by atoms with Crippen molar-refractivity contribution in [3.05, 3.63) is 64.1 Å². The zero-order chi connectivity index (χ0) is 16.8. The van der Waals surface area contributed by atoms with Gasteiger partial charge >= 0.3 is 6.03 Å². The topological polar surface area (TPSA) is 50.4 Å². The molecule has 3 rings (SSSR count). The second-order valence-electron chi connectivity index (χ2n) is 5.86. The third-order valence-corrected chi connectivity index (χ3v) is 4.58. The van der Waals surface area contributed by atoms with Gasteiger partial charge in [-0.15, -0.1) is 0 Å². The Hall–Kier alpha value is -2.01. The number of hydrogen-bond donors (Lipinski definition) is 2. The summed E-state index contributed by atoms with van der Waals surface area (Å²) in [4.78, 5) is 12.1. The summed E-state index contributed by atoms with van der Waals surface area (Å²) < 4.78 is 6.63. The first-order valence-electron chi connectivity index (χ1n) is 8.23. The van der Waals surface area contributed by atoms with E-state index in [1.165, 1.54) is 5.56 Å². The first-order valence-corrected chi connectivity index (χ1v) is 9.02. The monoisotopic (exact) mass is 388 g/mol. The van der Waals surface area contributed by atoms with Crippen LogP contribution >= 0.6 is 15.9 Å². The fraction of sp³-hybridized carbons (Fsp3) is 0.316. The molecule has 0 fully saturated rings. The predicted octanol–water partition coefficient (Wildman–Crippen LogP) is 4.20. The van der Waals surface area contributed by atoms with Gasteiger partial charge in [-0.05, 0) is 36.6 Å². The summed E-state index contributed by atoms with van der Waals surface area (Å²) in [5.41, 5.74) is 2.32. The lowest BCUT2D eigenvalue weighted by molar-refractivity contribution is 0.223. The van der Waals surface area contributed by atoms with Crippen molar-refractivity contribution in [2.75, 3.05) is 13.2 Å². The van der Waals surface area contributed by atoms with Crippen LogP contribution in [0.5, 0.6) is 5.75 Å². The Morgan fingerprint density at radius 3 is 2.88 bits per heavy atom. The summed E-state index contributed by atoms with van der Waals surface area (Å²) in [7, 11) is 0. The smallest absolute Gasteiger partial charge is 0.315 e. The van der Waals surface area contributed by atoms with Crippen molar-refractivity contribution in [1.82, 2.24) is 10.6 Å². The molecule has 5 heteroatoms. The first-order chi connectivity index (χ1) is 11.7. The van der Waals surface area contributed by atoms with Crippen molar-refractivity contribution in [3.63, 3.8) is 0 Å². The highest BCUT2D eigenvalue weighted by molar-refractivity contribution is 9.10. The Balaban J connectivity index is 1.47. The highest BCUT2D eigenvalue weighted by Crippen LogP contribution is 2.33. The van der Waals surface area contributed by atoms with Crippen LogP contribution in [0.3, 0.4) is 0 Å². The van der Waals surface area contributed by atoms with Gasteiger partial charge < -0.3 is 15.4 Å². The number of ether oxygens (including phenoxy) is 1. The summed E-state index contributed by atoms with van der Waals surface area (Å²) in [6, 6.07) is 16.1. The number of hydrogen-bond acceptors (Lipinski definition) is 2. The van der Waals surface area contributed by atoms with Crippen molar-refractivity contribution < 1.29 is 9.53 Å². The summed E-state index contributed by atoms with van der Waals surface area (Å²) in [5, 5.41) is 5.99. The lowest BCUT2D eigenvalue weighted by atomic mass is 10.0. The molecular weight excluding hydrogens is 368 g/mol. The van der Waals surface area contributed by atoms with Crippen LogP contribution in [0.1, 0.15) is 30.0 Å². The highest BCUT2D eigenvalue weighted by atomic mass is 79.9. The van der Waals surface area contributed by atoms with Crippen LogP contribution in [0, 0.1) is 0 Å². The average Bonchev–Trinajstić information content (AvgIpc) is 2.60. The van der Waals surface area contributed by atoms with E-state index in [-0.39, 0.29) is 12.1 Å². The molecule has 2 N–H and O–H groups in total. The molecule has 2 aromatic carbocycles. The number of aryl methyl sites for hydroxylation is 1. The van der Waals surface area contributed by atoms with Gasteiger partial charge in [0.1, 0.15) is 5.75 Å². The van der Waals surface area contributed by atoms with Crippen LogP contribution < -0.4 is 15.4 Å². The van der Waals surface area contributed by atoms with E-state index in [1.54, 1.807) is 0 Å². The molecule has 4 nitrogen and oxygen atoms in total. The number of rotatable bonds is 5. The SMILES string of the molecule is O=C(NCCCc1ccccc1)NC1CCOc2ccc(Br)cc21. The summed E-state index contributed by atoms with van der Waals surface area (Å²) in [6.45, 7) is 1.28. The minimum Gasteiger partial charge on any atom is -0.493 e. The van der Waals surface area contributed by atoms with E-state index in [9.17, 15) is 4.79 Å². The molecule has 126 valence electrons. The van der Waals surface area contributed by atoms with Crippen LogP contribution in [-0.4, -0.2) is 19.2 Å². The predicted molar refractivity (Wildman–Crippen MR) is 98.3 cm³/mol. The Morgan fingerprint density at radius 2 is 2.04 bits per heavy atom. The number of urea groups is 1. The molecular formula is C19H21BrN2O2.